The number of hydrogen-bond acceptors (Lipinski definition) is 7. The van der Waals surface area contributed by atoms with Crippen molar-refractivity contribution in [3.05, 3.63) is 29.8 Å². The van der Waals surface area contributed by atoms with Crippen LogP contribution in [-0.4, -0.2) is 63.6 Å². The van der Waals surface area contributed by atoms with E-state index in [2.05, 4.69) is 45.7 Å². The topological polar surface area (TPSA) is 75.6 Å². The van der Waals surface area contributed by atoms with Gasteiger partial charge >= 0.3 is 0 Å². The third-order valence-electron chi connectivity index (χ3n) is 6.77. The first-order valence-corrected chi connectivity index (χ1v) is 14.8. The number of rotatable bonds is 8. The molecule has 3 rings (SSSR count). The van der Waals surface area contributed by atoms with Crippen LogP contribution in [0.25, 0.3) is 0 Å². The van der Waals surface area contributed by atoms with Crippen LogP contribution < -0.4 is 4.74 Å². The highest BCUT2D eigenvalue weighted by atomic mass is 28.4. The van der Waals surface area contributed by atoms with Crippen LogP contribution in [0.1, 0.15) is 46.6 Å². The van der Waals surface area contributed by atoms with Crippen molar-refractivity contribution in [2.24, 2.45) is 0 Å². The zero-order chi connectivity index (χ0) is 25.2. The average molecular weight is 493 g/mol. The minimum Gasteiger partial charge on any atom is -0.497 e. The summed E-state index contributed by atoms with van der Waals surface area (Å²) in [5.41, 5.74) is -0.474. The summed E-state index contributed by atoms with van der Waals surface area (Å²) in [6.45, 7) is 15.6. The van der Waals surface area contributed by atoms with Gasteiger partial charge in [0.05, 0.1) is 26.9 Å². The maximum Gasteiger partial charge on any atom is 0.192 e. The summed E-state index contributed by atoms with van der Waals surface area (Å²) in [6.07, 6.45) is -1.59. The van der Waals surface area contributed by atoms with Gasteiger partial charge < -0.3 is 33.2 Å². The third-order valence-corrected chi connectivity index (χ3v) is 11.3. The third kappa shape index (κ3) is 6.21. The minimum absolute atomic E-state index is 0.0431. The molecule has 4 atom stereocenters. The van der Waals surface area contributed by atoms with Crippen molar-refractivity contribution in [2.45, 2.75) is 95.7 Å². The molecule has 2 fully saturated rings. The molecule has 7 nitrogen and oxygen atoms in total. The van der Waals surface area contributed by atoms with Crippen molar-refractivity contribution < 1.29 is 33.2 Å². The zero-order valence-electron chi connectivity index (χ0n) is 21.8. The van der Waals surface area contributed by atoms with E-state index in [9.17, 15) is 5.11 Å². The molecule has 0 aliphatic carbocycles. The summed E-state index contributed by atoms with van der Waals surface area (Å²) in [4.78, 5) is 0. The van der Waals surface area contributed by atoms with Gasteiger partial charge in [0.2, 0.25) is 0 Å². The van der Waals surface area contributed by atoms with Crippen molar-refractivity contribution in [3.63, 3.8) is 0 Å². The highest BCUT2D eigenvalue weighted by Crippen LogP contribution is 2.44. The van der Waals surface area contributed by atoms with Crippen LogP contribution in [0.2, 0.25) is 18.1 Å². The number of benzene rings is 1. The fourth-order valence-corrected chi connectivity index (χ4v) is 4.63. The van der Waals surface area contributed by atoms with Gasteiger partial charge in [-0.05, 0) is 49.7 Å². The standard InChI is InChI=1S/C26H40O7Si/c1-24(2,3)34(7,8)30-18-21-26(27,22-23(31-21)33-25(4,5)32-22)15-9-10-16-29-17-19-11-13-20(28-6)14-12-19/h11-14,21-23,27H,10,16-18H2,1-8H3/t21-,22+,23-,26-/m1/s1. The molecule has 0 radical (unpaired) electrons. The Hall–Kier alpha value is -1.44. The van der Waals surface area contributed by atoms with E-state index < -0.39 is 38.2 Å². The van der Waals surface area contributed by atoms with Crippen molar-refractivity contribution in [1.82, 2.24) is 0 Å². The SMILES string of the molecule is COc1ccc(COCCC#C[C@@]2(O)[C@@H](CO[Si](C)(C)C(C)(C)C)O[C@@H]3OC(C)(C)O[C@@H]32)cc1. The zero-order valence-corrected chi connectivity index (χ0v) is 22.8. The van der Waals surface area contributed by atoms with Gasteiger partial charge in [-0.3, -0.25) is 0 Å². The second-order valence-electron chi connectivity index (χ2n) is 10.9. The van der Waals surface area contributed by atoms with Gasteiger partial charge in [0.25, 0.3) is 0 Å². The van der Waals surface area contributed by atoms with Crippen LogP contribution in [0.4, 0.5) is 0 Å². The Kier molecular flexibility index (Phi) is 8.20. The summed E-state index contributed by atoms with van der Waals surface area (Å²) in [5.74, 6) is 6.05. The number of fused-ring (bicyclic) bond motifs is 1. The number of methoxy groups -OCH3 is 1. The largest absolute Gasteiger partial charge is 0.497 e. The highest BCUT2D eigenvalue weighted by Gasteiger charge is 2.63. The lowest BCUT2D eigenvalue weighted by atomic mass is 9.93. The summed E-state index contributed by atoms with van der Waals surface area (Å²) < 4.78 is 35.1. The van der Waals surface area contributed by atoms with E-state index in [1.54, 1.807) is 21.0 Å². The molecule has 1 N–H and O–H groups in total. The molecular formula is C26H40O7Si. The Morgan fingerprint density at radius 1 is 1.12 bits per heavy atom. The first kappa shape index (κ1) is 27.1. The molecule has 2 aliphatic rings. The normalized spacial score (nSPS) is 28.3. The molecule has 0 amide bonds. The lowest BCUT2D eigenvalue weighted by molar-refractivity contribution is -0.225. The van der Waals surface area contributed by atoms with Gasteiger partial charge in [-0.25, -0.2) is 0 Å². The van der Waals surface area contributed by atoms with Crippen LogP contribution in [0.3, 0.4) is 0 Å². The highest BCUT2D eigenvalue weighted by molar-refractivity contribution is 6.74. The second kappa shape index (κ2) is 10.3. The minimum atomic E-state index is -2.04. The number of hydrogen-bond donors (Lipinski definition) is 1. The van der Waals surface area contributed by atoms with Crippen molar-refractivity contribution in [3.8, 4) is 17.6 Å². The maximum absolute atomic E-state index is 11.6. The molecule has 8 heteroatoms. The Morgan fingerprint density at radius 3 is 2.41 bits per heavy atom. The summed E-state index contributed by atoms with van der Waals surface area (Å²) >= 11 is 0. The van der Waals surface area contributed by atoms with Gasteiger partial charge in [-0.15, -0.1) is 0 Å². The molecule has 0 spiro atoms. The van der Waals surface area contributed by atoms with Crippen LogP contribution in [0, 0.1) is 11.8 Å². The van der Waals surface area contributed by atoms with Gasteiger partial charge in [0, 0.05) is 6.42 Å². The average Bonchev–Trinajstić information content (AvgIpc) is 3.19. The van der Waals surface area contributed by atoms with Crippen molar-refractivity contribution in [2.75, 3.05) is 20.3 Å². The predicted octanol–water partition coefficient (Wildman–Crippen LogP) is 4.23. The molecule has 2 saturated heterocycles. The Morgan fingerprint density at radius 2 is 1.79 bits per heavy atom. The fourth-order valence-electron chi connectivity index (χ4n) is 3.63. The molecule has 34 heavy (non-hydrogen) atoms. The lowest BCUT2D eigenvalue weighted by Crippen LogP contribution is -2.52. The second-order valence-corrected chi connectivity index (χ2v) is 15.7. The van der Waals surface area contributed by atoms with E-state index in [1.807, 2.05) is 24.3 Å². The number of aliphatic hydroxyl groups is 1. The van der Waals surface area contributed by atoms with Gasteiger partial charge in [-0.1, -0.05) is 44.7 Å². The Labute approximate surface area is 205 Å². The van der Waals surface area contributed by atoms with Gasteiger partial charge in [0.1, 0.15) is 11.9 Å². The number of ether oxygens (including phenoxy) is 5. The summed E-state index contributed by atoms with van der Waals surface area (Å²) in [5, 5.41) is 11.7. The quantitative estimate of drug-likeness (QED) is 0.331. The van der Waals surface area contributed by atoms with Gasteiger partial charge in [0.15, 0.2) is 32.1 Å². The molecule has 0 bridgehead atoms. The van der Waals surface area contributed by atoms with Crippen LogP contribution in [0.15, 0.2) is 24.3 Å². The fraction of sp³-hybridized carbons (Fsp3) is 0.692. The summed E-state index contributed by atoms with van der Waals surface area (Å²) in [6, 6.07) is 7.74. The molecule has 1 aromatic carbocycles. The molecule has 1 aromatic rings. The monoisotopic (exact) mass is 492 g/mol. The van der Waals surface area contributed by atoms with Crippen LogP contribution in [0.5, 0.6) is 5.75 Å². The van der Waals surface area contributed by atoms with Crippen molar-refractivity contribution in [1.29, 1.82) is 0 Å². The van der Waals surface area contributed by atoms with E-state index in [0.717, 1.165) is 11.3 Å². The smallest absolute Gasteiger partial charge is 0.192 e. The molecule has 0 aromatic heterocycles. The van der Waals surface area contributed by atoms with E-state index in [0.29, 0.717) is 19.6 Å². The van der Waals surface area contributed by atoms with E-state index in [1.165, 1.54) is 0 Å². The lowest BCUT2D eigenvalue weighted by Gasteiger charge is -2.38. The van der Waals surface area contributed by atoms with E-state index in [4.69, 9.17) is 28.1 Å². The summed E-state index contributed by atoms with van der Waals surface area (Å²) in [7, 11) is -0.393. The van der Waals surface area contributed by atoms with Gasteiger partial charge in [-0.2, -0.15) is 0 Å². The van der Waals surface area contributed by atoms with Crippen molar-refractivity contribution >= 4 is 8.32 Å². The first-order chi connectivity index (χ1) is 15.8. The maximum atomic E-state index is 11.6. The van der Waals surface area contributed by atoms with Crippen LogP contribution in [-0.2, 0) is 30.0 Å². The van der Waals surface area contributed by atoms with E-state index >= 15 is 0 Å². The molecule has 190 valence electrons. The van der Waals surface area contributed by atoms with Crippen LogP contribution >= 0.6 is 0 Å². The molecular weight excluding hydrogens is 452 g/mol. The Balaban J connectivity index is 1.61. The first-order valence-electron chi connectivity index (χ1n) is 11.9. The molecule has 0 unspecified atom stereocenters. The molecule has 2 heterocycles. The predicted molar refractivity (Wildman–Crippen MR) is 132 cm³/mol. The van der Waals surface area contributed by atoms with E-state index in [-0.39, 0.29) is 11.6 Å². The molecule has 2 aliphatic heterocycles. The Bertz CT molecular complexity index is 881. The molecule has 0 saturated carbocycles.